The molecule has 0 aromatic rings. The largest absolute Gasteiger partial charge is 0.346 e. The summed E-state index contributed by atoms with van der Waals surface area (Å²) in [4.78, 5) is 17.3. The Bertz CT molecular complexity index is 316. The van der Waals surface area contributed by atoms with E-state index in [1.54, 1.807) is 16.7 Å². The zero-order valence-corrected chi connectivity index (χ0v) is 12.6. The van der Waals surface area contributed by atoms with E-state index in [9.17, 15) is 4.79 Å². The SMILES string of the molecule is C[NH+]1CCN(C(=S)SCCN2CCCC2=O)CC1. The van der Waals surface area contributed by atoms with Gasteiger partial charge in [-0.1, -0.05) is 24.0 Å². The van der Waals surface area contributed by atoms with Crippen LogP contribution in [0, 0.1) is 0 Å². The number of amides is 1. The summed E-state index contributed by atoms with van der Waals surface area (Å²) in [6.45, 7) is 6.27. The smallest absolute Gasteiger partial charge is 0.222 e. The van der Waals surface area contributed by atoms with Crippen LogP contribution >= 0.6 is 24.0 Å². The molecule has 2 aliphatic rings. The van der Waals surface area contributed by atoms with Crippen molar-refractivity contribution in [1.82, 2.24) is 9.80 Å². The van der Waals surface area contributed by atoms with Gasteiger partial charge in [-0.25, -0.2) is 0 Å². The van der Waals surface area contributed by atoms with Crippen LogP contribution in [-0.2, 0) is 4.79 Å². The first-order chi connectivity index (χ1) is 8.66. The molecule has 6 heteroatoms. The van der Waals surface area contributed by atoms with Gasteiger partial charge in [0.1, 0.15) is 4.32 Å². The van der Waals surface area contributed by atoms with Crippen LogP contribution < -0.4 is 4.90 Å². The molecule has 0 unspecified atom stereocenters. The van der Waals surface area contributed by atoms with Gasteiger partial charge in [-0.05, 0) is 6.42 Å². The molecular weight excluding hydrogens is 266 g/mol. The van der Waals surface area contributed by atoms with E-state index in [4.69, 9.17) is 12.2 Å². The van der Waals surface area contributed by atoms with Crippen LogP contribution in [0.3, 0.4) is 0 Å². The lowest BCUT2D eigenvalue weighted by Gasteiger charge is -2.31. The number of thioether (sulfide) groups is 1. The molecule has 4 nitrogen and oxygen atoms in total. The second-order valence-electron chi connectivity index (χ2n) is 5.04. The number of carbonyl (C=O) groups is 1. The van der Waals surface area contributed by atoms with E-state index in [1.807, 2.05) is 4.90 Å². The van der Waals surface area contributed by atoms with Gasteiger partial charge < -0.3 is 14.7 Å². The van der Waals surface area contributed by atoms with E-state index in [2.05, 4.69) is 11.9 Å². The van der Waals surface area contributed by atoms with E-state index in [1.165, 1.54) is 13.1 Å². The third-order valence-electron chi connectivity index (χ3n) is 3.63. The quantitative estimate of drug-likeness (QED) is 0.706. The minimum atomic E-state index is 0.310. The molecular formula is C12H22N3OS2+. The summed E-state index contributed by atoms with van der Waals surface area (Å²) in [7, 11) is 2.23. The summed E-state index contributed by atoms with van der Waals surface area (Å²) in [6.07, 6.45) is 1.76. The summed E-state index contributed by atoms with van der Waals surface area (Å²) < 4.78 is 1.01. The molecule has 0 aliphatic carbocycles. The molecule has 0 aromatic carbocycles. The topological polar surface area (TPSA) is 28.0 Å². The minimum Gasteiger partial charge on any atom is -0.346 e. The van der Waals surface area contributed by atoms with E-state index in [0.29, 0.717) is 5.91 Å². The molecule has 2 aliphatic heterocycles. The third-order valence-corrected chi connectivity index (χ3v) is 5.14. The van der Waals surface area contributed by atoms with Crippen molar-refractivity contribution in [2.75, 3.05) is 52.1 Å². The van der Waals surface area contributed by atoms with Gasteiger partial charge in [-0.15, -0.1) is 0 Å². The fourth-order valence-corrected chi connectivity index (χ4v) is 3.63. The Morgan fingerprint density at radius 2 is 2.11 bits per heavy atom. The highest BCUT2D eigenvalue weighted by Crippen LogP contribution is 2.13. The molecule has 0 spiro atoms. The lowest BCUT2D eigenvalue weighted by atomic mass is 10.4. The number of hydrogen-bond donors (Lipinski definition) is 1. The first-order valence-electron chi connectivity index (χ1n) is 6.67. The van der Waals surface area contributed by atoms with E-state index < -0.39 is 0 Å². The Morgan fingerprint density at radius 3 is 2.72 bits per heavy atom. The fraction of sp³-hybridized carbons (Fsp3) is 0.833. The zero-order chi connectivity index (χ0) is 13.0. The maximum Gasteiger partial charge on any atom is 0.222 e. The van der Waals surface area contributed by atoms with Crippen molar-refractivity contribution >= 4 is 34.2 Å². The normalized spacial score (nSPS) is 21.7. The Morgan fingerprint density at radius 1 is 1.39 bits per heavy atom. The number of quaternary nitrogens is 1. The lowest BCUT2D eigenvalue weighted by molar-refractivity contribution is -0.883. The van der Waals surface area contributed by atoms with Gasteiger partial charge in [0.15, 0.2) is 0 Å². The van der Waals surface area contributed by atoms with Crippen LogP contribution in [0.1, 0.15) is 12.8 Å². The molecule has 2 fully saturated rings. The molecule has 0 aromatic heterocycles. The number of hydrogen-bond acceptors (Lipinski definition) is 3. The van der Waals surface area contributed by atoms with Crippen molar-refractivity contribution in [2.45, 2.75) is 12.8 Å². The maximum atomic E-state index is 11.5. The summed E-state index contributed by atoms with van der Waals surface area (Å²) in [5.41, 5.74) is 0. The molecule has 0 bridgehead atoms. The second kappa shape index (κ2) is 6.73. The first kappa shape index (κ1) is 14.1. The van der Waals surface area contributed by atoms with Crippen LogP contribution in [0.4, 0.5) is 0 Å². The van der Waals surface area contributed by atoms with E-state index in [-0.39, 0.29) is 0 Å². The average Bonchev–Trinajstić information content (AvgIpc) is 2.76. The highest BCUT2D eigenvalue weighted by Gasteiger charge is 2.21. The number of nitrogens with one attached hydrogen (secondary N) is 1. The van der Waals surface area contributed by atoms with Crippen LogP contribution in [0.5, 0.6) is 0 Å². The van der Waals surface area contributed by atoms with Crippen molar-refractivity contribution in [1.29, 1.82) is 0 Å². The van der Waals surface area contributed by atoms with Gasteiger partial charge in [-0.2, -0.15) is 0 Å². The summed E-state index contributed by atoms with van der Waals surface area (Å²) in [5.74, 6) is 1.24. The van der Waals surface area contributed by atoms with E-state index >= 15 is 0 Å². The number of carbonyl (C=O) groups excluding carboxylic acids is 1. The Hall–Kier alpha value is -0.330. The van der Waals surface area contributed by atoms with Crippen molar-refractivity contribution in [3.63, 3.8) is 0 Å². The number of nitrogens with zero attached hydrogens (tertiary/aromatic N) is 2. The highest BCUT2D eigenvalue weighted by atomic mass is 32.2. The molecule has 1 N–H and O–H groups in total. The monoisotopic (exact) mass is 288 g/mol. The molecule has 0 atom stereocenters. The third kappa shape index (κ3) is 3.83. The van der Waals surface area contributed by atoms with Crippen LogP contribution in [0.15, 0.2) is 0 Å². The molecule has 0 saturated carbocycles. The van der Waals surface area contributed by atoms with Crippen molar-refractivity contribution in [2.24, 2.45) is 0 Å². The summed E-state index contributed by atoms with van der Waals surface area (Å²) in [5, 5.41) is 0. The Labute approximate surface area is 119 Å². The molecule has 2 heterocycles. The Kier molecular flexibility index (Phi) is 5.26. The van der Waals surface area contributed by atoms with Crippen molar-refractivity contribution in [3.8, 4) is 0 Å². The Balaban J connectivity index is 1.64. The standard InChI is InChI=1S/C12H21N3OS2/c1-13-5-7-15(8-6-13)12(17)18-10-9-14-4-2-3-11(14)16/h2-10H2,1H3/p+1. The minimum absolute atomic E-state index is 0.310. The number of likely N-dealkylation sites (N-methyl/N-ethyl adjacent to an activating group) is 1. The van der Waals surface area contributed by atoms with Gasteiger partial charge in [0.05, 0.1) is 33.2 Å². The maximum absolute atomic E-state index is 11.5. The van der Waals surface area contributed by atoms with Crippen LogP contribution in [0.2, 0.25) is 0 Å². The second-order valence-corrected chi connectivity index (χ2v) is 6.77. The highest BCUT2D eigenvalue weighted by molar-refractivity contribution is 8.22. The average molecular weight is 288 g/mol. The van der Waals surface area contributed by atoms with Gasteiger partial charge in [0.25, 0.3) is 0 Å². The van der Waals surface area contributed by atoms with E-state index in [0.717, 1.165) is 49.1 Å². The lowest BCUT2D eigenvalue weighted by Crippen LogP contribution is -3.12. The number of piperazine rings is 1. The predicted molar refractivity (Wildman–Crippen MR) is 79.1 cm³/mol. The van der Waals surface area contributed by atoms with Crippen LogP contribution in [-0.4, -0.2) is 72.1 Å². The molecule has 1 amide bonds. The number of rotatable bonds is 3. The van der Waals surface area contributed by atoms with Crippen LogP contribution in [0.25, 0.3) is 0 Å². The van der Waals surface area contributed by atoms with Gasteiger partial charge in [0, 0.05) is 25.3 Å². The predicted octanol–water partition coefficient (Wildman–Crippen LogP) is -0.543. The number of likely N-dealkylation sites (tertiary alicyclic amines) is 1. The molecule has 18 heavy (non-hydrogen) atoms. The van der Waals surface area contributed by atoms with Gasteiger partial charge >= 0.3 is 0 Å². The summed E-state index contributed by atoms with van der Waals surface area (Å²) in [6, 6.07) is 0. The summed E-state index contributed by atoms with van der Waals surface area (Å²) >= 11 is 7.19. The van der Waals surface area contributed by atoms with Crippen molar-refractivity contribution in [3.05, 3.63) is 0 Å². The van der Waals surface area contributed by atoms with Gasteiger partial charge in [-0.3, -0.25) is 4.79 Å². The van der Waals surface area contributed by atoms with Crippen molar-refractivity contribution < 1.29 is 9.69 Å². The first-order valence-corrected chi connectivity index (χ1v) is 8.07. The molecule has 2 rings (SSSR count). The molecule has 102 valence electrons. The fourth-order valence-electron chi connectivity index (χ4n) is 2.35. The van der Waals surface area contributed by atoms with Gasteiger partial charge in [0.2, 0.25) is 5.91 Å². The zero-order valence-electron chi connectivity index (χ0n) is 11.0. The molecule has 0 radical (unpaired) electrons. The molecule has 2 saturated heterocycles. The number of thiocarbonyl (C=S) groups is 1.